The van der Waals surface area contributed by atoms with E-state index >= 15 is 0 Å². The molecule has 1 atom stereocenters. The van der Waals surface area contributed by atoms with Crippen LogP contribution in [-0.4, -0.2) is 31.6 Å². The summed E-state index contributed by atoms with van der Waals surface area (Å²) in [4.78, 5) is 13.6. The van der Waals surface area contributed by atoms with Crippen LogP contribution in [0.4, 0.5) is 10.1 Å². The van der Waals surface area contributed by atoms with E-state index in [2.05, 4.69) is 10.6 Å². The highest BCUT2D eigenvalue weighted by Gasteiger charge is 2.28. The molecule has 1 heterocycles. The zero-order valence-corrected chi connectivity index (χ0v) is 11.4. The van der Waals surface area contributed by atoms with Crippen LogP contribution in [0.2, 0.25) is 0 Å². The third-order valence-electron chi connectivity index (χ3n) is 3.42. The van der Waals surface area contributed by atoms with Gasteiger partial charge in [0, 0.05) is 19.6 Å². The Bertz CT molecular complexity index is 464. The third kappa shape index (κ3) is 2.87. The number of carbonyl (C=O) groups excluding carboxylic acids is 1. The zero-order chi connectivity index (χ0) is 13.8. The Balaban J connectivity index is 2.33. The summed E-state index contributed by atoms with van der Waals surface area (Å²) in [6, 6.07) is 4.72. The largest absolute Gasteiger partial charge is 0.355 e. The van der Waals surface area contributed by atoms with Crippen LogP contribution in [0.3, 0.4) is 0 Å². The van der Waals surface area contributed by atoms with E-state index in [1.165, 1.54) is 6.07 Å². The Morgan fingerprint density at radius 1 is 1.53 bits per heavy atom. The molecule has 0 bridgehead atoms. The van der Waals surface area contributed by atoms with Crippen molar-refractivity contribution in [3.8, 4) is 0 Å². The first-order valence-electron chi connectivity index (χ1n) is 6.67. The predicted octanol–water partition coefficient (Wildman–Crippen LogP) is 1.26. The van der Waals surface area contributed by atoms with Gasteiger partial charge < -0.3 is 15.5 Å². The summed E-state index contributed by atoms with van der Waals surface area (Å²) in [6.45, 7) is 6.43. The normalized spacial score (nSPS) is 19.4. The van der Waals surface area contributed by atoms with E-state index in [9.17, 15) is 9.18 Å². The van der Waals surface area contributed by atoms with Crippen LogP contribution in [-0.2, 0) is 11.3 Å². The van der Waals surface area contributed by atoms with Gasteiger partial charge in [0.25, 0.3) is 0 Å². The van der Waals surface area contributed by atoms with E-state index in [0.717, 1.165) is 12.1 Å². The van der Waals surface area contributed by atoms with Crippen LogP contribution in [0.15, 0.2) is 18.2 Å². The van der Waals surface area contributed by atoms with Crippen LogP contribution >= 0.6 is 0 Å². The lowest BCUT2D eigenvalue weighted by atomic mass is 10.1. The molecule has 1 aromatic carbocycles. The maximum Gasteiger partial charge on any atom is 0.242 e. The first-order valence-corrected chi connectivity index (χ1v) is 6.67. The lowest BCUT2D eigenvalue weighted by molar-refractivity contribution is -0.122. The third-order valence-corrected chi connectivity index (χ3v) is 3.42. The van der Waals surface area contributed by atoms with E-state index in [1.807, 2.05) is 17.9 Å². The molecule has 1 amide bonds. The van der Waals surface area contributed by atoms with E-state index in [1.54, 1.807) is 13.0 Å². The predicted molar refractivity (Wildman–Crippen MR) is 73.6 cm³/mol. The highest BCUT2D eigenvalue weighted by molar-refractivity contribution is 5.86. The lowest BCUT2D eigenvalue weighted by Crippen LogP contribution is -2.54. The molecule has 19 heavy (non-hydrogen) atoms. The van der Waals surface area contributed by atoms with Gasteiger partial charge >= 0.3 is 0 Å². The number of anilines is 1. The van der Waals surface area contributed by atoms with Gasteiger partial charge in [0.2, 0.25) is 5.91 Å². The Labute approximate surface area is 113 Å². The molecule has 0 saturated carbocycles. The minimum atomic E-state index is -0.342. The van der Waals surface area contributed by atoms with Gasteiger partial charge in [-0.25, -0.2) is 4.39 Å². The van der Waals surface area contributed by atoms with Gasteiger partial charge in [-0.2, -0.15) is 0 Å². The van der Waals surface area contributed by atoms with Crippen molar-refractivity contribution in [1.82, 2.24) is 10.6 Å². The number of piperazine rings is 1. The van der Waals surface area contributed by atoms with Crippen molar-refractivity contribution in [2.75, 3.05) is 24.5 Å². The molecule has 0 aromatic heterocycles. The first kappa shape index (κ1) is 13.8. The standard InChI is InChI=1S/C14H20FN3O/c1-3-16-9-11-5-4-6-12(15)13(11)18-8-7-17-14(19)10(18)2/h4-6,10,16H,3,7-9H2,1-2H3,(H,17,19). The molecule has 1 fully saturated rings. The molecule has 2 rings (SSSR count). The van der Waals surface area contributed by atoms with Crippen molar-refractivity contribution in [3.63, 3.8) is 0 Å². The summed E-state index contributed by atoms with van der Waals surface area (Å²) >= 11 is 0. The van der Waals surface area contributed by atoms with Crippen molar-refractivity contribution in [2.45, 2.75) is 26.4 Å². The maximum absolute atomic E-state index is 14.2. The first-order chi connectivity index (χ1) is 9.15. The number of rotatable bonds is 4. The van der Waals surface area contributed by atoms with Gasteiger partial charge in [-0.05, 0) is 25.1 Å². The average Bonchev–Trinajstić information content (AvgIpc) is 2.40. The fourth-order valence-corrected chi connectivity index (χ4v) is 2.37. The average molecular weight is 265 g/mol. The van der Waals surface area contributed by atoms with Crippen LogP contribution < -0.4 is 15.5 Å². The minimum absolute atomic E-state index is 0.0519. The lowest BCUT2D eigenvalue weighted by Gasteiger charge is -2.36. The smallest absolute Gasteiger partial charge is 0.242 e. The van der Waals surface area contributed by atoms with Gasteiger partial charge in [0.05, 0.1) is 5.69 Å². The zero-order valence-electron chi connectivity index (χ0n) is 11.4. The summed E-state index contributed by atoms with van der Waals surface area (Å²) in [7, 11) is 0. The highest BCUT2D eigenvalue weighted by atomic mass is 19.1. The molecule has 1 aromatic rings. The van der Waals surface area contributed by atoms with Crippen LogP contribution in [0.25, 0.3) is 0 Å². The minimum Gasteiger partial charge on any atom is -0.355 e. The fourth-order valence-electron chi connectivity index (χ4n) is 2.37. The molecule has 1 unspecified atom stereocenters. The molecule has 2 N–H and O–H groups in total. The van der Waals surface area contributed by atoms with Gasteiger partial charge in [-0.3, -0.25) is 4.79 Å². The second kappa shape index (κ2) is 6.02. The van der Waals surface area contributed by atoms with Crippen molar-refractivity contribution >= 4 is 11.6 Å². The number of carbonyl (C=O) groups is 1. The number of benzene rings is 1. The summed E-state index contributed by atoms with van der Waals surface area (Å²) in [5, 5.41) is 6.00. The molecule has 0 spiro atoms. The van der Waals surface area contributed by atoms with Crippen molar-refractivity contribution < 1.29 is 9.18 Å². The summed E-state index contributed by atoms with van der Waals surface area (Å²) in [6.07, 6.45) is 0. The van der Waals surface area contributed by atoms with E-state index in [0.29, 0.717) is 25.3 Å². The van der Waals surface area contributed by atoms with Crippen molar-refractivity contribution in [1.29, 1.82) is 0 Å². The Kier molecular flexibility index (Phi) is 4.37. The number of hydrogen-bond donors (Lipinski definition) is 2. The maximum atomic E-state index is 14.2. The van der Waals surface area contributed by atoms with Gasteiger partial charge in [0.15, 0.2) is 0 Å². The van der Waals surface area contributed by atoms with E-state index < -0.39 is 0 Å². The number of amides is 1. The van der Waals surface area contributed by atoms with E-state index in [4.69, 9.17) is 0 Å². The van der Waals surface area contributed by atoms with Crippen molar-refractivity contribution in [3.05, 3.63) is 29.6 Å². The van der Waals surface area contributed by atoms with Crippen LogP contribution in [0.5, 0.6) is 0 Å². The molecule has 104 valence electrons. The summed E-state index contributed by atoms with van der Waals surface area (Å²) in [5.74, 6) is -0.319. The summed E-state index contributed by atoms with van der Waals surface area (Å²) < 4.78 is 14.2. The van der Waals surface area contributed by atoms with Gasteiger partial charge in [0.1, 0.15) is 11.9 Å². The number of para-hydroxylation sites is 1. The number of halogens is 1. The second-order valence-electron chi connectivity index (χ2n) is 4.69. The topological polar surface area (TPSA) is 44.4 Å². The summed E-state index contributed by atoms with van der Waals surface area (Å²) in [5.41, 5.74) is 1.44. The molecule has 4 nitrogen and oxygen atoms in total. The Morgan fingerprint density at radius 3 is 3.05 bits per heavy atom. The monoisotopic (exact) mass is 265 g/mol. The number of hydrogen-bond acceptors (Lipinski definition) is 3. The molecule has 5 heteroatoms. The van der Waals surface area contributed by atoms with Crippen molar-refractivity contribution in [2.24, 2.45) is 0 Å². The van der Waals surface area contributed by atoms with E-state index in [-0.39, 0.29) is 17.8 Å². The molecule has 1 aliphatic rings. The number of nitrogens with zero attached hydrogens (tertiary/aromatic N) is 1. The fraction of sp³-hybridized carbons (Fsp3) is 0.500. The second-order valence-corrected chi connectivity index (χ2v) is 4.69. The molecule has 0 aliphatic carbocycles. The Hall–Kier alpha value is -1.62. The molecular formula is C14H20FN3O. The number of nitrogens with one attached hydrogen (secondary N) is 2. The molecule has 0 radical (unpaired) electrons. The molecular weight excluding hydrogens is 245 g/mol. The van der Waals surface area contributed by atoms with Gasteiger partial charge in [-0.1, -0.05) is 19.1 Å². The van der Waals surface area contributed by atoms with Crippen LogP contribution in [0.1, 0.15) is 19.4 Å². The van der Waals surface area contributed by atoms with Crippen LogP contribution in [0, 0.1) is 5.82 Å². The SMILES string of the molecule is CCNCc1cccc(F)c1N1CCNC(=O)C1C. The van der Waals surface area contributed by atoms with Gasteiger partial charge in [-0.15, -0.1) is 0 Å². The Morgan fingerprint density at radius 2 is 2.32 bits per heavy atom. The quantitative estimate of drug-likeness (QED) is 0.861. The molecule has 1 saturated heterocycles. The molecule has 1 aliphatic heterocycles. The highest BCUT2D eigenvalue weighted by Crippen LogP contribution is 2.27.